The molecule has 1 aliphatic heterocycles. The summed E-state index contributed by atoms with van der Waals surface area (Å²) in [6.07, 6.45) is 5.45. The first-order chi connectivity index (χ1) is 9.24. The Morgan fingerprint density at radius 1 is 1.21 bits per heavy atom. The Bertz CT molecular complexity index is 530. The molecule has 4 rings (SSSR count). The van der Waals surface area contributed by atoms with Crippen molar-refractivity contribution in [1.29, 1.82) is 0 Å². The fourth-order valence-electron chi connectivity index (χ4n) is 3.99. The number of phenols is 1. The van der Waals surface area contributed by atoms with Gasteiger partial charge in [-0.2, -0.15) is 0 Å². The molecule has 0 spiro atoms. The molecule has 3 aliphatic rings. The molecule has 2 unspecified atom stereocenters. The van der Waals surface area contributed by atoms with Crippen molar-refractivity contribution in [3.63, 3.8) is 0 Å². The van der Waals surface area contributed by atoms with E-state index in [0.717, 1.165) is 55.3 Å². The zero-order valence-corrected chi connectivity index (χ0v) is 11.0. The Morgan fingerprint density at radius 2 is 2.00 bits per heavy atom. The third-order valence-electron chi connectivity index (χ3n) is 5.05. The highest BCUT2D eigenvalue weighted by atomic mass is 16.3. The predicted octanol–water partition coefficient (Wildman–Crippen LogP) is 2.72. The van der Waals surface area contributed by atoms with E-state index in [1.165, 1.54) is 6.42 Å². The molecule has 2 fully saturated rings. The van der Waals surface area contributed by atoms with Gasteiger partial charge in [0.1, 0.15) is 5.75 Å². The van der Waals surface area contributed by atoms with Gasteiger partial charge in [0.2, 0.25) is 5.91 Å². The molecule has 0 bridgehead atoms. The lowest BCUT2D eigenvalue weighted by molar-refractivity contribution is -0.122. The first kappa shape index (κ1) is 11.3. The van der Waals surface area contributed by atoms with Crippen LogP contribution in [-0.4, -0.2) is 17.6 Å². The molecular formula is C16H19NO2. The quantitative estimate of drug-likeness (QED) is 0.840. The van der Waals surface area contributed by atoms with Crippen molar-refractivity contribution < 1.29 is 9.90 Å². The number of fused-ring (bicyclic) bond motifs is 2. The molecule has 1 amide bonds. The number of phenolic OH excluding ortho intramolecular Hbond substituents is 1. The molecule has 0 aromatic heterocycles. The van der Waals surface area contributed by atoms with Gasteiger partial charge in [-0.1, -0.05) is 12.1 Å². The fourth-order valence-corrected chi connectivity index (χ4v) is 3.99. The maximum Gasteiger partial charge on any atom is 0.230 e. The smallest absolute Gasteiger partial charge is 0.230 e. The third-order valence-corrected chi connectivity index (χ3v) is 5.05. The third kappa shape index (κ3) is 1.75. The molecule has 0 radical (unpaired) electrons. The zero-order valence-electron chi connectivity index (χ0n) is 11.0. The minimum atomic E-state index is 0.203. The van der Waals surface area contributed by atoms with Gasteiger partial charge in [-0.15, -0.1) is 0 Å². The van der Waals surface area contributed by atoms with E-state index < -0.39 is 0 Å². The summed E-state index contributed by atoms with van der Waals surface area (Å²) in [4.78, 5) is 14.5. The fraction of sp³-hybridized carbons (Fsp3) is 0.562. The Kier molecular flexibility index (Phi) is 2.38. The van der Waals surface area contributed by atoms with Gasteiger partial charge in [-0.05, 0) is 55.6 Å². The van der Waals surface area contributed by atoms with Crippen molar-refractivity contribution in [1.82, 2.24) is 0 Å². The van der Waals surface area contributed by atoms with E-state index in [0.29, 0.717) is 0 Å². The second kappa shape index (κ2) is 3.99. The number of hydrogen-bond donors (Lipinski definition) is 1. The van der Waals surface area contributed by atoms with Gasteiger partial charge in [-0.25, -0.2) is 0 Å². The first-order valence-electron chi connectivity index (χ1n) is 7.36. The van der Waals surface area contributed by atoms with Gasteiger partial charge in [-0.3, -0.25) is 4.79 Å². The maximum absolute atomic E-state index is 12.7. The summed E-state index contributed by atoms with van der Waals surface area (Å²) >= 11 is 0. The lowest BCUT2D eigenvalue weighted by Gasteiger charge is -2.32. The number of aromatic hydroxyl groups is 1. The molecule has 1 heterocycles. The van der Waals surface area contributed by atoms with E-state index in [1.54, 1.807) is 6.07 Å². The molecule has 2 atom stereocenters. The van der Waals surface area contributed by atoms with E-state index in [-0.39, 0.29) is 17.6 Å². The molecule has 2 aliphatic carbocycles. The number of hydrogen-bond acceptors (Lipinski definition) is 2. The average Bonchev–Trinajstić information content (AvgIpc) is 3.04. The largest absolute Gasteiger partial charge is 0.506 e. The number of benzene rings is 1. The minimum Gasteiger partial charge on any atom is -0.506 e. The number of amides is 1. The van der Waals surface area contributed by atoms with Gasteiger partial charge in [0.25, 0.3) is 0 Å². The number of para-hydroxylation sites is 1. The second-order valence-corrected chi connectivity index (χ2v) is 6.30. The van der Waals surface area contributed by atoms with E-state index >= 15 is 0 Å². The predicted molar refractivity (Wildman–Crippen MR) is 73.1 cm³/mol. The summed E-state index contributed by atoms with van der Waals surface area (Å²) in [7, 11) is 0. The minimum absolute atomic E-state index is 0.203. The number of rotatable bonds is 1. The second-order valence-electron chi connectivity index (χ2n) is 6.30. The van der Waals surface area contributed by atoms with E-state index in [4.69, 9.17) is 0 Å². The normalized spacial score (nSPS) is 31.8. The number of nitrogens with zero attached hydrogens (tertiary/aromatic N) is 1. The monoisotopic (exact) mass is 257 g/mol. The molecular weight excluding hydrogens is 238 g/mol. The van der Waals surface area contributed by atoms with Crippen LogP contribution in [0.4, 0.5) is 5.69 Å². The lowest BCUT2D eigenvalue weighted by Crippen LogP contribution is -2.39. The summed E-state index contributed by atoms with van der Waals surface area (Å²) in [5, 5.41) is 10.1. The average molecular weight is 257 g/mol. The van der Waals surface area contributed by atoms with Crippen LogP contribution in [0.3, 0.4) is 0 Å². The molecule has 100 valence electrons. The van der Waals surface area contributed by atoms with Gasteiger partial charge in [0, 0.05) is 12.5 Å². The molecule has 19 heavy (non-hydrogen) atoms. The van der Waals surface area contributed by atoms with Crippen LogP contribution >= 0.6 is 0 Å². The Balaban J connectivity index is 1.64. The molecule has 0 saturated heterocycles. The topological polar surface area (TPSA) is 40.5 Å². The van der Waals surface area contributed by atoms with Crippen molar-refractivity contribution in [3.05, 3.63) is 23.8 Å². The summed E-state index contributed by atoms with van der Waals surface area (Å²) < 4.78 is 0. The van der Waals surface area contributed by atoms with Crippen LogP contribution in [0.1, 0.15) is 31.2 Å². The first-order valence-corrected chi connectivity index (χ1v) is 7.36. The Morgan fingerprint density at radius 3 is 2.79 bits per heavy atom. The molecule has 3 heteroatoms. The highest BCUT2D eigenvalue weighted by Crippen LogP contribution is 2.55. The highest BCUT2D eigenvalue weighted by molar-refractivity contribution is 5.98. The van der Waals surface area contributed by atoms with Gasteiger partial charge < -0.3 is 10.0 Å². The summed E-state index contributed by atoms with van der Waals surface area (Å²) in [6, 6.07) is 5.59. The lowest BCUT2D eigenvalue weighted by atomic mass is 9.96. The summed E-state index contributed by atoms with van der Waals surface area (Å²) in [6.45, 7) is 0.759. The van der Waals surface area contributed by atoms with Crippen molar-refractivity contribution in [2.45, 2.75) is 32.1 Å². The summed E-state index contributed by atoms with van der Waals surface area (Å²) in [5.41, 5.74) is 1.89. The van der Waals surface area contributed by atoms with Crippen LogP contribution in [0.15, 0.2) is 18.2 Å². The van der Waals surface area contributed by atoms with Gasteiger partial charge in [0.15, 0.2) is 0 Å². The zero-order chi connectivity index (χ0) is 13.0. The molecule has 3 nitrogen and oxygen atoms in total. The standard InChI is InChI=1S/C16H19NO2/c18-14-5-1-3-10-4-2-6-17(15(10)14)16(19)13-8-11-7-12(11)9-13/h1,3,5,11-13,18H,2,4,6-9H2. The molecule has 2 saturated carbocycles. The summed E-state index contributed by atoms with van der Waals surface area (Å²) in [5.74, 6) is 2.35. The van der Waals surface area contributed by atoms with Crippen LogP contribution in [0, 0.1) is 17.8 Å². The van der Waals surface area contributed by atoms with Gasteiger partial charge in [0.05, 0.1) is 5.69 Å². The maximum atomic E-state index is 12.7. The number of carbonyl (C=O) groups is 1. The van der Waals surface area contributed by atoms with Crippen molar-refractivity contribution in [3.8, 4) is 5.75 Å². The van der Waals surface area contributed by atoms with Crippen LogP contribution in [-0.2, 0) is 11.2 Å². The van der Waals surface area contributed by atoms with Crippen LogP contribution in [0.2, 0.25) is 0 Å². The Hall–Kier alpha value is -1.51. The molecule has 1 N–H and O–H groups in total. The van der Waals surface area contributed by atoms with Crippen molar-refractivity contribution in [2.75, 3.05) is 11.4 Å². The number of carbonyl (C=O) groups excluding carboxylic acids is 1. The van der Waals surface area contributed by atoms with Crippen LogP contribution in [0.25, 0.3) is 0 Å². The van der Waals surface area contributed by atoms with E-state index in [1.807, 2.05) is 17.0 Å². The van der Waals surface area contributed by atoms with Crippen LogP contribution in [0.5, 0.6) is 5.75 Å². The van der Waals surface area contributed by atoms with Crippen LogP contribution < -0.4 is 4.90 Å². The molecule has 1 aromatic carbocycles. The Labute approximate surface area is 113 Å². The number of aryl methyl sites for hydroxylation is 1. The van der Waals surface area contributed by atoms with Gasteiger partial charge >= 0.3 is 0 Å². The highest BCUT2D eigenvalue weighted by Gasteiger charge is 2.49. The van der Waals surface area contributed by atoms with Crippen molar-refractivity contribution >= 4 is 11.6 Å². The van der Waals surface area contributed by atoms with E-state index in [9.17, 15) is 9.90 Å². The SMILES string of the molecule is O=C(C1CC2CC2C1)N1CCCc2cccc(O)c21. The van der Waals surface area contributed by atoms with Crippen molar-refractivity contribution in [2.24, 2.45) is 17.8 Å². The number of anilines is 1. The molecule has 1 aromatic rings. The van der Waals surface area contributed by atoms with E-state index in [2.05, 4.69) is 0 Å².